The van der Waals surface area contributed by atoms with Crippen molar-refractivity contribution in [1.82, 2.24) is 4.90 Å². The fourth-order valence-corrected chi connectivity index (χ4v) is 2.61. The van der Waals surface area contributed by atoms with Gasteiger partial charge in [-0.15, -0.1) is 0 Å². The molecule has 0 saturated carbocycles. The maximum absolute atomic E-state index is 9.93. The van der Waals surface area contributed by atoms with Gasteiger partial charge in [0.2, 0.25) is 0 Å². The highest BCUT2D eigenvalue weighted by Gasteiger charge is 2.26. The van der Waals surface area contributed by atoms with Crippen molar-refractivity contribution in [2.24, 2.45) is 5.16 Å². The molecule has 1 aliphatic heterocycles. The molecule has 1 aromatic rings. The standard InChI is InChI=1S/C16H23ClN2O2/c1-4-19(11-16(2,3)20)10-14-9-15(18-21-14)12-5-7-13(17)8-6-12/h5-8,14,20H,4,9-11H2,1-3H3. The van der Waals surface area contributed by atoms with Gasteiger partial charge in [0, 0.05) is 24.5 Å². The van der Waals surface area contributed by atoms with E-state index < -0.39 is 5.60 Å². The minimum absolute atomic E-state index is 0.0398. The largest absolute Gasteiger partial charge is 0.390 e. The van der Waals surface area contributed by atoms with E-state index >= 15 is 0 Å². The Morgan fingerprint density at radius 1 is 1.38 bits per heavy atom. The Morgan fingerprint density at radius 2 is 2.05 bits per heavy atom. The van der Waals surface area contributed by atoms with Crippen LogP contribution in [0.2, 0.25) is 5.02 Å². The zero-order valence-corrected chi connectivity index (χ0v) is 13.6. The van der Waals surface area contributed by atoms with Crippen molar-refractivity contribution < 1.29 is 9.94 Å². The normalized spacial score (nSPS) is 18.8. The lowest BCUT2D eigenvalue weighted by Gasteiger charge is -2.29. The van der Waals surface area contributed by atoms with Gasteiger partial charge in [-0.1, -0.05) is 35.8 Å². The maximum atomic E-state index is 9.93. The number of hydrogen-bond acceptors (Lipinski definition) is 4. The summed E-state index contributed by atoms with van der Waals surface area (Å²) in [5, 5.41) is 14.8. The highest BCUT2D eigenvalue weighted by molar-refractivity contribution is 6.30. The Morgan fingerprint density at radius 3 is 2.62 bits per heavy atom. The van der Waals surface area contributed by atoms with Crippen molar-refractivity contribution in [3.05, 3.63) is 34.9 Å². The molecule has 21 heavy (non-hydrogen) atoms. The molecule has 1 aliphatic rings. The third kappa shape index (κ3) is 4.99. The first-order valence-electron chi connectivity index (χ1n) is 7.31. The van der Waals surface area contributed by atoms with E-state index in [0.717, 1.165) is 35.8 Å². The molecule has 1 unspecified atom stereocenters. The van der Waals surface area contributed by atoms with Crippen molar-refractivity contribution >= 4 is 17.3 Å². The van der Waals surface area contributed by atoms with Gasteiger partial charge in [-0.3, -0.25) is 4.90 Å². The van der Waals surface area contributed by atoms with Crippen molar-refractivity contribution in [2.45, 2.75) is 38.9 Å². The molecule has 4 nitrogen and oxygen atoms in total. The van der Waals surface area contributed by atoms with E-state index in [9.17, 15) is 5.11 Å². The monoisotopic (exact) mass is 310 g/mol. The number of oxime groups is 1. The molecule has 0 bridgehead atoms. The van der Waals surface area contributed by atoms with Crippen molar-refractivity contribution in [3.63, 3.8) is 0 Å². The lowest BCUT2D eigenvalue weighted by atomic mass is 10.0. The number of benzene rings is 1. The van der Waals surface area contributed by atoms with Gasteiger partial charge in [-0.25, -0.2) is 0 Å². The van der Waals surface area contributed by atoms with Crippen molar-refractivity contribution in [3.8, 4) is 0 Å². The topological polar surface area (TPSA) is 45.1 Å². The van der Waals surface area contributed by atoms with Gasteiger partial charge in [-0.05, 0) is 38.1 Å². The minimum atomic E-state index is -0.700. The molecule has 1 aromatic carbocycles. The quantitative estimate of drug-likeness (QED) is 0.878. The van der Waals surface area contributed by atoms with Gasteiger partial charge in [0.1, 0.15) is 6.10 Å². The SMILES string of the molecule is CCN(CC1CC(c2ccc(Cl)cc2)=NO1)CC(C)(C)O. The number of hydrogen-bond donors (Lipinski definition) is 1. The molecule has 2 rings (SSSR count). The Balaban J connectivity index is 1.90. The summed E-state index contributed by atoms with van der Waals surface area (Å²) < 4.78 is 0. The molecule has 5 heteroatoms. The van der Waals surface area contributed by atoms with Crippen LogP contribution < -0.4 is 0 Å². The molecule has 0 amide bonds. The van der Waals surface area contributed by atoms with E-state index in [-0.39, 0.29) is 6.10 Å². The van der Waals surface area contributed by atoms with E-state index in [1.807, 2.05) is 38.1 Å². The molecular formula is C16H23ClN2O2. The highest BCUT2D eigenvalue weighted by atomic mass is 35.5. The fraction of sp³-hybridized carbons (Fsp3) is 0.562. The van der Waals surface area contributed by atoms with Crippen LogP contribution in [-0.2, 0) is 4.84 Å². The number of nitrogens with zero attached hydrogens (tertiary/aromatic N) is 2. The summed E-state index contributed by atoms with van der Waals surface area (Å²) >= 11 is 5.89. The molecule has 1 atom stereocenters. The van der Waals surface area contributed by atoms with Gasteiger partial charge < -0.3 is 9.94 Å². The third-order valence-corrected chi connectivity index (χ3v) is 3.68. The summed E-state index contributed by atoms with van der Waals surface area (Å²) in [5.41, 5.74) is 1.30. The van der Waals surface area contributed by atoms with Crippen LogP contribution in [0.3, 0.4) is 0 Å². The Bertz CT molecular complexity index is 494. The summed E-state index contributed by atoms with van der Waals surface area (Å²) in [7, 11) is 0. The molecule has 0 saturated heterocycles. The molecule has 0 aromatic heterocycles. The summed E-state index contributed by atoms with van der Waals surface area (Å²) in [4.78, 5) is 7.71. The fourth-order valence-electron chi connectivity index (χ4n) is 2.48. The van der Waals surface area contributed by atoms with Crippen LogP contribution in [0.15, 0.2) is 29.4 Å². The van der Waals surface area contributed by atoms with E-state index in [1.54, 1.807) is 0 Å². The first-order valence-corrected chi connectivity index (χ1v) is 7.68. The van der Waals surface area contributed by atoms with E-state index in [0.29, 0.717) is 6.54 Å². The van der Waals surface area contributed by atoms with Crippen LogP contribution in [-0.4, -0.2) is 47.1 Å². The molecule has 116 valence electrons. The molecule has 0 spiro atoms. The summed E-state index contributed by atoms with van der Waals surface area (Å²) in [6.45, 7) is 7.99. The van der Waals surface area contributed by atoms with Gasteiger partial charge in [-0.2, -0.15) is 0 Å². The summed E-state index contributed by atoms with van der Waals surface area (Å²) in [6.07, 6.45) is 0.822. The van der Waals surface area contributed by atoms with E-state index in [4.69, 9.17) is 16.4 Å². The Labute approximate surface area is 131 Å². The van der Waals surface area contributed by atoms with Crippen LogP contribution >= 0.6 is 11.6 Å². The van der Waals surface area contributed by atoms with E-state index in [1.165, 1.54) is 0 Å². The number of halogens is 1. The van der Waals surface area contributed by atoms with Crippen LogP contribution in [0.1, 0.15) is 32.8 Å². The van der Waals surface area contributed by atoms with Crippen LogP contribution in [0, 0.1) is 0 Å². The average Bonchev–Trinajstić information content (AvgIpc) is 2.85. The highest BCUT2D eigenvalue weighted by Crippen LogP contribution is 2.20. The number of likely N-dealkylation sites (N-methyl/N-ethyl adjacent to an activating group) is 1. The van der Waals surface area contributed by atoms with Crippen molar-refractivity contribution in [1.29, 1.82) is 0 Å². The third-order valence-electron chi connectivity index (χ3n) is 3.43. The average molecular weight is 311 g/mol. The van der Waals surface area contributed by atoms with Crippen LogP contribution in [0.4, 0.5) is 0 Å². The Hall–Kier alpha value is -1.10. The van der Waals surface area contributed by atoms with Crippen molar-refractivity contribution in [2.75, 3.05) is 19.6 Å². The van der Waals surface area contributed by atoms with Gasteiger partial charge in [0.05, 0.1) is 11.3 Å². The first-order chi connectivity index (χ1) is 9.87. The molecule has 1 heterocycles. The molecule has 0 fully saturated rings. The number of rotatable bonds is 6. The minimum Gasteiger partial charge on any atom is -0.390 e. The lowest BCUT2D eigenvalue weighted by molar-refractivity contribution is 0.00699. The first kappa shape index (κ1) is 16.3. The Kier molecular flexibility index (Phi) is 5.25. The second kappa shape index (κ2) is 6.77. The summed E-state index contributed by atoms with van der Waals surface area (Å²) in [6, 6.07) is 7.64. The molecule has 0 aliphatic carbocycles. The second-order valence-corrected chi connectivity index (χ2v) is 6.55. The van der Waals surface area contributed by atoms with E-state index in [2.05, 4.69) is 17.0 Å². The van der Waals surface area contributed by atoms with Crippen LogP contribution in [0.5, 0.6) is 0 Å². The molecule has 0 radical (unpaired) electrons. The molecular weight excluding hydrogens is 288 g/mol. The predicted molar refractivity (Wildman–Crippen MR) is 85.9 cm³/mol. The second-order valence-electron chi connectivity index (χ2n) is 6.12. The van der Waals surface area contributed by atoms with Gasteiger partial charge in [0.15, 0.2) is 0 Å². The lowest BCUT2D eigenvalue weighted by Crippen LogP contribution is -2.42. The summed E-state index contributed by atoms with van der Waals surface area (Å²) in [5.74, 6) is 0. The zero-order chi connectivity index (χ0) is 15.5. The predicted octanol–water partition coefficient (Wildman–Crippen LogP) is 2.93. The smallest absolute Gasteiger partial charge is 0.145 e. The van der Waals surface area contributed by atoms with Gasteiger partial charge in [0.25, 0.3) is 0 Å². The zero-order valence-electron chi connectivity index (χ0n) is 12.8. The molecule has 1 N–H and O–H groups in total. The van der Waals surface area contributed by atoms with Gasteiger partial charge >= 0.3 is 0 Å². The van der Waals surface area contributed by atoms with Crippen LogP contribution in [0.25, 0.3) is 0 Å². The number of aliphatic hydroxyl groups is 1. The maximum Gasteiger partial charge on any atom is 0.145 e.